The standard InChI is InChI=1S/C15H21NO3/c1-11-5-6-12(2)14(8-11)19-10-15(18)16-7-3-4-13(17)9-16/h5-6,8,13,17H,3-4,7,9-10H2,1-2H3/t13-/m0/s1. The first-order valence-corrected chi connectivity index (χ1v) is 6.72. The third-order valence-corrected chi connectivity index (χ3v) is 3.44. The van der Waals surface area contributed by atoms with Gasteiger partial charge in [-0.2, -0.15) is 0 Å². The number of amides is 1. The van der Waals surface area contributed by atoms with Gasteiger partial charge in [-0.3, -0.25) is 4.79 Å². The van der Waals surface area contributed by atoms with Crippen LogP contribution in [0.5, 0.6) is 5.75 Å². The van der Waals surface area contributed by atoms with Crippen LogP contribution in [0.4, 0.5) is 0 Å². The minimum Gasteiger partial charge on any atom is -0.483 e. The average Bonchev–Trinajstić information content (AvgIpc) is 2.39. The van der Waals surface area contributed by atoms with Gasteiger partial charge in [0, 0.05) is 13.1 Å². The van der Waals surface area contributed by atoms with Crippen molar-refractivity contribution in [1.29, 1.82) is 0 Å². The lowest BCUT2D eigenvalue weighted by molar-refractivity contribution is -0.136. The van der Waals surface area contributed by atoms with Crippen LogP contribution >= 0.6 is 0 Å². The van der Waals surface area contributed by atoms with Crippen molar-refractivity contribution in [3.63, 3.8) is 0 Å². The predicted molar refractivity (Wildman–Crippen MR) is 73.2 cm³/mol. The molecule has 0 unspecified atom stereocenters. The van der Waals surface area contributed by atoms with Crippen LogP contribution in [0, 0.1) is 13.8 Å². The Labute approximate surface area is 114 Å². The van der Waals surface area contributed by atoms with Crippen LogP contribution < -0.4 is 4.74 Å². The molecule has 1 aliphatic rings. The molecule has 1 heterocycles. The van der Waals surface area contributed by atoms with Gasteiger partial charge in [0.25, 0.3) is 5.91 Å². The molecule has 2 rings (SSSR count). The molecule has 1 atom stereocenters. The average molecular weight is 263 g/mol. The highest BCUT2D eigenvalue weighted by atomic mass is 16.5. The Kier molecular flexibility index (Phi) is 4.43. The van der Waals surface area contributed by atoms with Gasteiger partial charge in [-0.15, -0.1) is 0 Å². The van der Waals surface area contributed by atoms with Crippen molar-refractivity contribution in [1.82, 2.24) is 4.90 Å². The van der Waals surface area contributed by atoms with E-state index in [1.807, 2.05) is 32.0 Å². The van der Waals surface area contributed by atoms with E-state index in [0.717, 1.165) is 29.7 Å². The summed E-state index contributed by atoms with van der Waals surface area (Å²) in [6.07, 6.45) is 1.25. The van der Waals surface area contributed by atoms with Crippen LogP contribution in [-0.2, 0) is 4.79 Å². The molecule has 1 fully saturated rings. The van der Waals surface area contributed by atoms with Gasteiger partial charge in [0.15, 0.2) is 6.61 Å². The van der Waals surface area contributed by atoms with E-state index in [0.29, 0.717) is 13.1 Å². The number of piperidine rings is 1. The number of rotatable bonds is 3. The molecule has 0 aromatic heterocycles. The van der Waals surface area contributed by atoms with Gasteiger partial charge in [-0.1, -0.05) is 12.1 Å². The number of ether oxygens (including phenoxy) is 1. The SMILES string of the molecule is Cc1ccc(C)c(OCC(=O)N2CCC[C@H](O)C2)c1. The Hall–Kier alpha value is -1.55. The molecular formula is C15H21NO3. The highest BCUT2D eigenvalue weighted by Gasteiger charge is 2.22. The highest BCUT2D eigenvalue weighted by molar-refractivity contribution is 5.78. The summed E-state index contributed by atoms with van der Waals surface area (Å²) < 4.78 is 5.60. The van der Waals surface area contributed by atoms with Gasteiger partial charge in [0.1, 0.15) is 5.75 Å². The molecule has 1 aromatic rings. The molecule has 0 spiro atoms. The minimum absolute atomic E-state index is 0.0387. The minimum atomic E-state index is -0.390. The maximum Gasteiger partial charge on any atom is 0.260 e. The number of hydrogen-bond donors (Lipinski definition) is 1. The predicted octanol–water partition coefficient (Wildman–Crippen LogP) is 1.67. The number of hydrogen-bond acceptors (Lipinski definition) is 3. The molecular weight excluding hydrogens is 242 g/mol. The molecule has 1 amide bonds. The van der Waals surface area contributed by atoms with E-state index in [1.165, 1.54) is 0 Å². The molecule has 4 heteroatoms. The van der Waals surface area contributed by atoms with Gasteiger partial charge in [-0.25, -0.2) is 0 Å². The molecule has 1 aliphatic heterocycles. The molecule has 1 N–H and O–H groups in total. The smallest absolute Gasteiger partial charge is 0.260 e. The van der Waals surface area contributed by atoms with E-state index in [9.17, 15) is 9.90 Å². The fourth-order valence-corrected chi connectivity index (χ4v) is 2.27. The molecule has 0 bridgehead atoms. The lowest BCUT2D eigenvalue weighted by Gasteiger charge is -2.30. The molecule has 104 valence electrons. The normalized spacial score (nSPS) is 19.3. The molecule has 0 radical (unpaired) electrons. The van der Waals surface area contributed by atoms with Crippen LogP contribution in [0.15, 0.2) is 18.2 Å². The fraction of sp³-hybridized carbons (Fsp3) is 0.533. The van der Waals surface area contributed by atoms with Gasteiger partial charge in [0.2, 0.25) is 0 Å². The lowest BCUT2D eigenvalue weighted by atomic mass is 10.1. The van der Waals surface area contributed by atoms with E-state index in [-0.39, 0.29) is 12.5 Å². The van der Waals surface area contributed by atoms with Crippen molar-refractivity contribution >= 4 is 5.91 Å². The topological polar surface area (TPSA) is 49.8 Å². The van der Waals surface area contributed by atoms with Crippen LogP contribution in [0.1, 0.15) is 24.0 Å². The second-order valence-corrected chi connectivity index (χ2v) is 5.19. The zero-order valence-electron chi connectivity index (χ0n) is 11.6. The number of β-amino-alcohol motifs (C(OH)–C–C–N with tert-alkyl or cyclic N) is 1. The molecule has 0 aliphatic carbocycles. The number of nitrogens with zero attached hydrogens (tertiary/aromatic N) is 1. The highest BCUT2D eigenvalue weighted by Crippen LogP contribution is 2.19. The molecule has 0 saturated carbocycles. The van der Waals surface area contributed by atoms with Crippen molar-refractivity contribution < 1.29 is 14.6 Å². The zero-order chi connectivity index (χ0) is 13.8. The van der Waals surface area contributed by atoms with Crippen LogP contribution in [-0.4, -0.2) is 41.7 Å². The van der Waals surface area contributed by atoms with Crippen molar-refractivity contribution in [2.75, 3.05) is 19.7 Å². The summed E-state index contributed by atoms with van der Waals surface area (Å²) in [6.45, 7) is 5.14. The van der Waals surface area contributed by atoms with Gasteiger partial charge in [-0.05, 0) is 43.9 Å². The summed E-state index contributed by atoms with van der Waals surface area (Å²) in [7, 11) is 0. The van der Waals surface area contributed by atoms with E-state index in [1.54, 1.807) is 4.90 Å². The van der Waals surface area contributed by atoms with Gasteiger partial charge in [0.05, 0.1) is 6.10 Å². The van der Waals surface area contributed by atoms with Crippen molar-refractivity contribution in [3.05, 3.63) is 29.3 Å². The largest absolute Gasteiger partial charge is 0.483 e. The first kappa shape index (κ1) is 13.9. The van der Waals surface area contributed by atoms with Crippen LogP contribution in [0.25, 0.3) is 0 Å². The summed E-state index contributed by atoms with van der Waals surface area (Å²) in [4.78, 5) is 13.7. The molecule has 1 aromatic carbocycles. The Balaban J connectivity index is 1.91. The number of carbonyl (C=O) groups excluding carboxylic acids is 1. The number of benzene rings is 1. The number of aryl methyl sites for hydroxylation is 2. The Morgan fingerprint density at radius 3 is 3.00 bits per heavy atom. The van der Waals surface area contributed by atoms with Crippen LogP contribution in [0.2, 0.25) is 0 Å². The van der Waals surface area contributed by atoms with Crippen molar-refractivity contribution in [3.8, 4) is 5.75 Å². The Morgan fingerprint density at radius 2 is 2.26 bits per heavy atom. The Bertz CT molecular complexity index is 459. The van der Waals surface area contributed by atoms with Gasteiger partial charge >= 0.3 is 0 Å². The second kappa shape index (κ2) is 6.06. The summed E-state index contributed by atoms with van der Waals surface area (Å²) in [5, 5.41) is 9.56. The fourth-order valence-electron chi connectivity index (χ4n) is 2.27. The number of likely N-dealkylation sites (tertiary alicyclic amines) is 1. The number of aliphatic hydroxyl groups excluding tert-OH is 1. The first-order chi connectivity index (χ1) is 9.06. The lowest BCUT2D eigenvalue weighted by Crippen LogP contribution is -2.44. The van der Waals surface area contributed by atoms with Crippen LogP contribution in [0.3, 0.4) is 0 Å². The van der Waals surface area contributed by atoms with Crippen molar-refractivity contribution in [2.45, 2.75) is 32.8 Å². The number of aliphatic hydroxyl groups is 1. The molecule has 1 saturated heterocycles. The maximum absolute atomic E-state index is 12.0. The van der Waals surface area contributed by atoms with E-state index < -0.39 is 6.10 Å². The van der Waals surface area contributed by atoms with E-state index in [2.05, 4.69) is 0 Å². The Morgan fingerprint density at radius 1 is 1.47 bits per heavy atom. The number of carbonyl (C=O) groups is 1. The zero-order valence-corrected chi connectivity index (χ0v) is 11.6. The first-order valence-electron chi connectivity index (χ1n) is 6.72. The molecule has 4 nitrogen and oxygen atoms in total. The summed E-state index contributed by atoms with van der Waals surface area (Å²) in [5.41, 5.74) is 2.14. The molecule has 19 heavy (non-hydrogen) atoms. The monoisotopic (exact) mass is 263 g/mol. The summed E-state index contributed by atoms with van der Waals surface area (Å²) in [5.74, 6) is 0.700. The third-order valence-electron chi connectivity index (χ3n) is 3.44. The summed E-state index contributed by atoms with van der Waals surface area (Å²) >= 11 is 0. The van der Waals surface area contributed by atoms with Crippen molar-refractivity contribution in [2.24, 2.45) is 0 Å². The third kappa shape index (κ3) is 3.70. The van der Waals surface area contributed by atoms with Gasteiger partial charge < -0.3 is 14.7 Å². The van der Waals surface area contributed by atoms with E-state index >= 15 is 0 Å². The maximum atomic E-state index is 12.0. The van der Waals surface area contributed by atoms with E-state index in [4.69, 9.17) is 4.74 Å². The quantitative estimate of drug-likeness (QED) is 0.902. The summed E-state index contributed by atoms with van der Waals surface area (Å²) in [6, 6.07) is 5.94. The second-order valence-electron chi connectivity index (χ2n) is 5.19.